The number of H-pyrrole nitrogens is 2. The predicted molar refractivity (Wildman–Crippen MR) is 384 cm³/mol. The van der Waals surface area contributed by atoms with Gasteiger partial charge in [0.25, 0.3) is 17.7 Å². The highest BCUT2D eigenvalue weighted by Crippen LogP contribution is 2.48. The van der Waals surface area contributed by atoms with E-state index in [1.54, 1.807) is 103 Å². The summed E-state index contributed by atoms with van der Waals surface area (Å²) in [6.07, 6.45) is 1.72. The number of amides is 6. The third kappa shape index (κ3) is 14.6. The molecule has 0 fully saturated rings. The van der Waals surface area contributed by atoms with Crippen LogP contribution >= 0.6 is 22.7 Å². The molecule has 0 saturated carbocycles. The van der Waals surface area contributed by atoms with E-state index in [-0.39, 0.29) is 35.4 Å². The molecule has 11 aromatic rings. The zero-order valence-electron chi connectivity index (χ0n) is 55.4. The average molecular weight is 1370 g/mol. The summed E-state index contributed by atoms with van der Waals surface area (Å²) in [7, 11) is 7.99. The van der Waals surface area contributed by atoms with E-state index in [1.165, 1.54) is 0 Å². The van der Waals surface area contributed by atoms with Crippen molar-refractivity contribution in [2.45, 2.75) is 42.8 Å². The molecule has 0 saturated heterocycles. The van der Waals surface area contributed by atoms with Crippen LogP contribution in [0.3, 0.4) is 0 Å². The van der Waals surface area contributed by atoms with E-state index in [0.29, 0.717) is 84.6 Å². The molecule has 7 aromatic carbocycles. The lowest BCUT2D eigenvalue weighted by Gasteiger charge is -2.41. The third-order valence-corrected chi connectivity index (χ3v) is 19.8. The summed E-state index contributed by atoms with van der Waals surface area (Å²) in [6.45, 7) is 4.29. The molecule has 0 bridgehead atoms. The lowest BCUT2D eigenvalue weighted by Crippen LogP contribution is -2.47. The molecule has 3 aliphatic heterocycles. The highest BCUT2D eigenvalue weighted by Gasteiger charge is 2.47. The van der Waals surface area contributed by atoms with Gasteiger partial charge in [-0.2, -0.15) is 5.10 Å². The van der Waals surface area contributed by atoms with Crippen molar-refractivity contribution in [3.05, 3.63) is 259 Å². The summed E-state index contributed by atoms with van der Waals surface area (Å²) in [6, 6.07) is 56.8. The van der Waals surface area contributed by atoms with Crippen LogP contribution in [0.25, 0.3) is 21.8 Å². The second-order valence-electron chi connectivity index (χ2n) is 23.9. The van der Waals surface area contributed by atoms with Crippen molar-refractivity contribution < 1.29 is 52.5 Å². The van der Waals surface area contributed by atoms with Crippen molar-refractivity contribution in [2.24, 2.45) is 0 Å². The number of ether oxygens (including phenoxy) is 5. The minimum atomic E-state index is -0.649. The van der Waals surface area contributed by atoms with Crippen molar-refractivity contribution in [3.63, 3.8) is 0 Å². The highest BCUT2D eigenvalue weighted by atomic mass is 32.1. The van der Waals surface area contributed by atoms with E-state index in [9.17, 15) is 28.8 Å². The van der Waals surface area contributed by atoms with Gasteiger partial charge in [-0.1, -0.05) is 84.9 Å². The van der Waals surface area contributed by atoms with Crippen LogP contribution in [0.1, 0.15) is 105 Å². The number of hydrogen-bond acceptors (Lipinski definition) is 14. The minimum absolute atomic E-state index is 0.0747. The second kappa shape index (κ2) is 31.2. The fraction of sp³-hybridized carbons (Fsp3) is 0.234. The van der Waals surface area contributed by atoms with Gasteiger partial charge >= 0.3 is 0 Å². The Kier molecular flexibility index (Phi) is 21.5. The molecule has 22 heteroatoms. The Morgan fingerprint density at radius 2 is 0.889 bits per heavy atom. The van der Waals surface area contributed by atoms with Gasteiger partial charge in [-0.25, -0.2) is 0 Å². The number of carbonyl (C=O) groups is 6. The van der Waals surface area contributed by atoms with Gasteiger partial charge in [0.05, 0.1) is 81.6 Å². The Morgan fingerprint density at radius 3 is 1.36 bits per heavy atom. The summed E-state index contributed by atoms with van der Waals surface area (Å²) in [5.41, 5.74) is 9.67. The molecule has 6 amide bonds. The van der Waals surface area contributed by atoms with Crippen molar-refractivity contribution >= 4 is 97.0 Å². The Labute approximate surface area is 580 Å². The van der Waals surface area contributed by atoms with Crippen molar-refractivity contribution in [3.8, 4) is 11.5 Å². The maximum Gasteiger partial charge on any atom is 0.254 e. The Hall–Kier alpha value is -10.8. The maximum absolute atomic E-state index is 13.8. The van der Waals surface area contributed by atoms with E-state index >= 15 is 0 Å². The molecule has 3 aliphatic rings. The zero-order chi connectivity index (χ0) is 69.1. The van der Waals surface area contributed by atoms with E-state index in [4.69, 9.17) is 23.7 Å². The molecule has 5 N–H and O–H groups in total. The molecule has 20 nitrogen and oxygen atoms in total. The van der Waals surface area contributed by atoms with E-state index in [2.05, 4.69) is 37.2 Å². The predicted octanol–water partition coefficient (Wildman–Crippen LogP) is 13.6. The van der Waals surface area contributed by atoms with Gasteiger partial charge in [0.1, 0.15) is 11.5 Å². The molecule has 506 valence electrons. The van der Waals surface area contributed by atoms with Gasteiger partial charge in [-0.3, -0.25) is 33.9 Å². The molecule has 6 unspecified atom stereocenters. The van der Waals surface area contributed by atoms with Gasteiger partial charge in [0, 0.05) is 113 Å². The maximum atomic E-state index is 13.8. The van der Waals surface area contributed by atoms with Gasteiger partial charge < -0.3 is 59.3 Å². The van der Waals surface area contributed by atoms with Crippen LogP contribution in [0, 0.1) is 6.92 Å². The molecule has 0 spiro atoms. The molecule has 0 radical (unpaired) electrons. The van der Waals surface area contributed by atoms with Crippen LogP contribution in [-0.2, 0) is 28.6 Å². The fourth-order valence-corrected chi connectivity index (χ4v) is 15.2. The summed E-state index contributed by atoms with van der Waals surface area (Å²) in [5, 5.41) is 22.1. The van der Waals surface area contributed by atoms with E-state index in [0.717, 1.165) is 59.6 Å². The standard InChI is InChI=1S/C27H28N2O5.C26H25N3O3S.C24H22N4O3S/c1-32-15-14-29-25(18-8-6-10-20(16-18)33-2)24(22-12-4-5-13-23(22)27(29)31)26(30)28-19-9-7-11-21(17-19)34-3;1-16-14-17-15-18(9-10-21(17)27-16)28-25(30)23-19-6-3-4-7-20(19)26(31)29(11-12-32-2)24(23)22-8-5-13-33-22;1-31-11-10-28-22(20-7-4-12-32-20)21(17-5-2-3-6-18(17)24(28)30)23(29)26-16-8-9-19-15(13-16)14-25-27-19/h4-13,16-17,24-25H,14-15H2,1-3H3,(H,28,30);3-10,13-15,23-24,27H,11-12H2,1-2H3,(H,28,30);2-9,12-14,21-22H,10-11H2,1H3,(H,25,27)(H,26,29). The van der Waals surface area contributed by atoms with Gasteiger partial charge in [-0.15, -0.1) is 22.7 Å². The Balaban J connectivity index is 0.000000141. The Morgan fingerprint density at radius 1 is 0.455 bits per heavy atom. The monoisotopic (exact) mass is 1370 g/mol. The van der Waals surface area contributed by atoms with Crippen molar-refractivity contribution in [2.75, 3.05) is 91.0 Å². The largest absolute Gasteiger partial charge is 0.497 e. The number of anilines is 3. The van der Waals surface area contributed by atoms with Crippen molar-refractivity contribution in [1.29, 1.82) is 0 Å². The number of nitrogens with one attached hydrogen (secondary N) is 5. The van der Waals surface area contributed by atoms with Crippen molar-refractivity contribution in [1.82, 2.24) is 29.9 Å². The number of nitrogens with zero attached hydrogens (tertiary/aromatic N) is 4. The molecular formula is C77H75N9O11S2. The Bertz CT molecular complexity index is 4690. The van der Waals surface area contributed by atoms with Crippen LogP contribution in [-0.4, -0.2) is 140 Å². The molecular weight excluding hydrogens is 1290 g/mol. The van der Waals surface area contributed by atoms with Gasteiger partial charge in [0.15, 0.2) is 0 Å². The van der Waals surface area contributed by atoms with Crippen LogP contribution in [0.4, 0.5) is 17.1 Å². The first-order chi connectivity index (χ1) is 48.3. The number of rotatable bonds is 20. The fourth-order valence-electron chi connectivity index (χ4n) is 13.4. The smallest absolute Gasteiger partial charge is 0.254 e. The average Bonchev–Trinajstić information content (AvgIpc) is 1.42. The first-order valence-corrected chi connectivity index (χ1v) is 34.0. The SMILES string of the molecule is COCCN1C(=O)c2ccccc2C(C(=O)Nc2ccc3[nH]c(C)cc3c2)C1c1cccs1.COCCN1C(=O)c2ccccc2C(C(=O)Nc2ccc3[nH]ncc3c2)C1c1cccs1.COCCN1C(=O)c2ccccc2C(C(=O)Nc2cccc(OC)c2)C1c1cccc(OC)c1. The molecule has 0 aliphatic carbocycles. The lowest BCUT2D eigenvalue weighted by atomic mass is 9.79. The highest BCUT2D eigenvalue weighted by molar-refractivity contribution is 7.10. The number of aromatic nitrogens is 3. The number of aryl methyl sites for hydroxylation is 1. The summed E-state index contributed by atoms with van der Waals surface area (Å²) < 4.78 is 26.6. The van der Waals surface area contributed by atoms with Crippen LogP contribution < -0.4 is 25.4 Å². The number of aromatic amines is 2. The number of methoxy groups -OCH3 is 5. The van der Waals surface area contributed by atoms with E-state index < -0.39 is 35.9 Å². The quantitative estimate of drug-likeness (QED) is 0.0479. The van der Waals surface area contributed by atoms with E-state index in [1.807, 2.05) is 175 Å². The number of carbonyl (C=O) groups excluding carboxylic acids is 6. The van der Waals surface area contributed by atoms with Gasteiger partial charge in [0.2, 0.25) is 17.7 Å². The number of fused-ring (bicyclic) bond motifs is 5. The minimum Gasteiger partial charge on any atom is -0.497 e. The second-order valence-corrected chi connectivity index (χ2v) is 25.9. The molecule has 4 aromatic heterocycles. The molecule has 7 heterocycles. The summed E-state index contributed by atoms with van der Waals surface area (Å²) in [4.78, 5) is 92.3. The molecule has 6 atom stereocenters. The number of benzene rings is 7. The summed E-state index contributed by atoms with van der Waals surface area (Å²) in [5.74, 6) is -1.26. The first-order valence-electron chi connectivity index (χ1n) is 32.3. The zero-order valence-corrected chi connectivity index (χ0v) is 57.1. The van der Waals surface area contributed by atoms with Gasteiger partial charge in [-0.05, 0) is 137 Å². The lowest BCUT2D eigenvalue weighted by molar-refractivity contribution is -0.120. The third-order valence-electron chi connectivity index (χ3n) is 17.9. The first kappa shape index (κ1) is 68.2. The topological polar surface area (TPSA) is 239 Å². The number of hydrogen-bond donors (Lipinski definition) is 5. The summed E-state index contributed by atoms with van der Waals surface area (Å²) >= 11 is 3.10. The normalized spacial score (nSPS) is 17.7. The molecule has 99 heavy (non-hydrogen) atoms. The number of thiophene rings is 2. The van der Waals surface area contributed by atoms with Crippen LogP contribution in [0.15, 0.2) is 205 Å². The molecule has 14 rings (SSSR count). The van der Waals surface area contributed by atoms with Crippen LogP contribution in [0.2, 0.25) is 0 Å². The van der Waals surface area contributed by atoms with Crippen LogP contribution in [0.5, 0.6) is 11.5 Å².